The Bertz CT molecular complexity index is 496. The van der Waals surface area contributed by atoms with E-state index in [2.05, 4.69) is 61.2 Å². The number of nitrogens with zero attached hydrogens (tertiary/aromatic N) is 3. The number of hydrogen-bond acceptors (Lipinski definition) is 2. The molecule has 90 valence electrons. The van der Waals surface area contributed by atoms with Crippen molar-refractivity contribution in [3.63, 3.8) is 0 Å². The minimum Gasteiger partial charge on any atom is -0.248 e. The monoisotopic (exact) mass is 357 g/mol. The molecular formula is C12H13Br2N3. The Hall–Kier alpha value is -0.680. The fraction of sp³-hybridized carbons (Fsp3) is 0.333. The molecule has 17 heavy (non-hydrogen) atoms. The Morgan fingerprint density at radius 1 is 1.41 bits per heavy atom. The summed E-state index contributed by atoms with van der Waals surface area (Å²) >= 11 is 7.03. The highest BCUT2D eigenvalue weighted by molar-refractivity contribution is 9.10. The normalized spacial score (nSPS) is 12.6. The van der Waals surface area contributed by atoms with E-state index in [0.29, 0.717) is 4.83 Å². The van der Waals surface area contributed by atoms with Gasteiger partial charge in [-0.15, -0.1) is 5.10 Å². The predicted molar refractivity (Wildman–Crippen MR) is 75.2 cm³/mol. The lowest BCUT2D eigenvalue weighted by molar-refractivity contribution is 0.649. The van der Waals surface area contributed by atoms with Crippen molar-refractivity contribution in [2.45, 2.75) is 24.7 Å². The molecule has 0 aliphatic carbocycles. The third-order valence-electron chi connectivity index (χ3n) is 2.47. The highest BCUT2D eigenvalue weighted by Gasteiger charge is 2.09. The second-order valence-corrected chi connectivity index (χ2v) is 5.87. The number of benzene rings is 1. The average molecular weight is 359 g/mol. The molecule has 3 nitrogen and oxygen atoms in total. The van der Waals surface area contributed by atoms with E-state index in [4.69, 9.17) is 0 Å². The minimum atomic E-state index is 0.291. The van der Waals surface area contributed by atoms with Gasteiger partial charge in [-0.3, -0.25) is 0 Å². The third-order valence-corrected chi connectivity index (χ3v) is 4.08. The molecule has 0 saturated carbocycles. The van der Waals surface area contributed by atoms with Crippen LogP contribution >= 0.6 is 31.9 Å². The van der Waals surface area contributed by atoms with E-state index >= 15 is 0 Å². The minimum absolute atomic E-state index is 0.291. The van der Waals surface area contributed by atoms with Gasteiger partial charge in [-0.05, 0) is 24.1 Å². The van der Waals surface area contributed by atoms with Gasteiger partial charge in [0.1, 0.15) is 0 Å². The van der Waals surface area contributed by atoms with E-state index in [9.17, 15) is 0 Å². The quantitative estimate of drug-likeness (QED) is 0.775. The molecule has 2 rings (SSSR count). The summed E-state index contributed by atoms with van der Waals surface area (Å²) in [5.41, 5.74) is 2.20. The van der Waals surface area contributed by atoms with Gasteiger partial charge in [0.15, 0.2) is 0 Å². The Balaban J connectivity index is 2.11. The van der Waals surface area contributed by atoms with Crippen LogP contribution < -0.4 is 0 Å². The van der Waals surface area contributed by atoms with Crippen LogP contribution in [-0.2, 0) is 6.54 Å². The molecule has 1 aromatic carbocycles. The van der Waals surface area contributed by atoms with Crippen LogP contribution in [0.2, 0.25) is 0 Å². The van der Waals surface area contributed by atoms with Crippen LogP contribution in [0.1, 0.15) is 29.4 Å². The first-order valence-electron chi connectivity index (χ1n) is 5.47. The van der Waals surface area contributed by atoms with Gasteiger partial charge < -0.3 is 0 Å². The maximum absolute atomic E-state index is 4.16. The molecule has 1 aromatic heterocycles. The van der Waals surface area contributed by atoms with E-state index in [-0.39, 0.29) is 0 Å². The first-order chi connectivity index (χ1) is 8.19. The van der Waals surface area contributed by atoms with Gasteiger partial charge in [0.2, 0.25) is 0 Å². The van der Waals surface area contributed by atoms with Gasteiger partial charge in [0, 0.05) is 10.7 Å². The van der Waals surface area contributed by atoms with Crippen molar-refractivity contribution in [1.29, 1.82) is 0 Å². The largest absolute Gasteiger partial charge is 0.248 e. The Kier molecular flexibility index (Phi) is 4.34. The van der Waals surface area contributed by atoms with E-state index in [0.717, 1.165) is 23.1 Å². The summed E-state index contributed by atoms with van der Waals surface area (Å²) in [5, 5.41) is 8.29. The van der Waals surface area contributed by atoms with Crippen LogP contribution in [-0.4, -0.2) is 15.0 Å². The third kappa shape index (κ3) is 3.39. The number of halogens is 2. The topological polar surface area (TPSA) is 30.7 Å². The lowest BCUT2D eigenvalue weighted by Crippen LogP contribution is -2.00. The molecule has 0 bridgehead atoms. The summed E-state index contributed by atoms with van der Waals surface area (Å²) in [6.45, 7) is 2.86. The molecule has 1 heterocycles. The number of hydrogen-bond donors (Lipinski definition) is 0. The van der Waals surface area contributed by atoms with Crippen molar-refractivity contribution >= 4 is 31.9 Å². The molecule has 5 heteroatoms. The van der Waals surface area contributed by atoms with Gasteiger partial charge in [-0.25, -0.2) is 4.68 Å². The summed E-state index contributed by atoms with van der Waals surface area (Å²) in [5.74, 6) is 0. The molecule has 0 saturated heterocycles. The number of alkyl halides is 1. The maximum Gasteiger partial charge on any atom is 0.0963 e. The van der Waals surface area contributed by atoms with E-state index < -0.39 is 0 Å². The Labute approximate surface area is 117 Å². The van der Waals surface area contributed by atoms with Crippen molar-refractivity contribution < 1.29 is 0 Å². The summed E-state index contributed by atoms with van der Waals surface area (Å²) in [6.07, 6.45) is 3.00. The highest BCUT2D eigenvalue weighted by Crippen LogP contribution is 2.23. The molecule has 2 aromatic rings. The SMILES string of the molecule is CCC(Br)c1cn(Cc2cccc(Br)c2)nn1. The first-order valence-corrected chi connectivity index (χ1v) is 7.18. The Morgan fingerprint density at radius 2 is 2.24 bits per heavy atom. The summed E-state index contributed by atoms with van der Waals surface area (Å²) in [7, 11) is 0. The van der Waals surface area contributed by atoms with E-state index in [1.807, 2.05) is 23.0 Å². The van der Waals surface area contributed by atoms with Crippen molar-refractivity contribution in [2.75, 3.05) is 0 Å². The summed E-state index contributed by atoms with van der Waals surface area (Å²) in [6, 6.07) is 8.21. The standard InChI is InChI=1S/C12H13Br2N3/c1-2-11(14)12-8-17(16-15-12)7-9-4-3-5-10(13)6-9/h3-6,8,11H,2,7H2,1H3. The van der Waals surface area contributed by atoms with Crippen LogP contribution in [0, 0.1) is 0 Å². The molecule has 0 spiro atoms. The van der Waals surface area contributed by atoms with Crippen LogP contribution in [0.4, 0.5) is 0 Å². The van der Waals surface area contributed by atoms with Crippen molar-refractivity contribution in [2.24, 2.45) is 0 Å². The van der Waals surface area contributed by atoms with Crippen LogP contribution in [0.15, 0.2) is 34.9 Å². The number of rotatable bonds is 4. The zero-order chi connectivity index (χ0) is 12.3. The van der Waals surface area contributed by atoms with Crippen molar-refractivity contribution in [3.05, 3.63) is 46.2 Å². The predicted octanol–water partition coefficient (Wildman–Crippen LogP) is 3.93. The van der Waals surface area contributed by atoms with Crippen molar-refractivity contribution in [3.8, 4) is 0 Å². The van der Waals surface area contributed by atoms with Crippen molar-refractivity contribution in [1.82, 2.24) is 15.0 Å². The zero-order valence-corrected chi connectivity index (χ0v) is 12.6. The van der Waals surface area contributed by atoms with Crippen LogP contribution in [0.5, 0.6) is 0 Å². The molecular weight excluding hydrogens is 346 g/mol. The first kappa shape index (κ1) is 12.8. The molecule has 0 amide bonds. The fourth-order valence-electron chi connectivity index (χ4n) is 1.57. The highest BCUT2D eigenvalue weighted by atomic mass is 79.9. The molecule has 1 unspecified atom stereocenters. The van der Waals surface area contributed by atoms with Gasteiger partial charge >= 0.3 is 0 Å². The van der Waals surface area contributed by atoms with E-state index in [1.54, 1.807) is 0 Å². The Morgan fingerprint density at radius 3 is 2.94 bits per heavy atom. The van der Waals surface area contributed by atoms with Gasteiger partial charge in [-0.1, -0.05) is 56.1 Å². The van der Waals surface area contributed by atoms with Gasteiger partial charge in [0.25, 0.3) is 0 Å². The van der Waals surface area contributed by atoms with Gasteiger partial charge in [0.05, 0.1) is 17.1 Å². The maximum atomic E-state index is 4.16. The molecule has 0 fully saturated rings. The molecule has 0 aliphatic heterocycles. The lowest BCUT2D eigenvalue weighted by Gasteiger charge is -2.02. The molecule has 0 N–H and O–H groups in total. The van der Waals surface area contributed by atoms with Gasteiger partial charge in [-0.2, -0.15) is 0 Å². The fourth-order valence-corrected chi connectivity index (χ4v) is 2.22. The van der Waals surface area contributed by atoms with E-state index in [1.165, 1.54) is 5.56 Å². The lowest BCUT2D eigenvalue weighted by atomic mass is 10.2. The second kappa shape index (κ2) is 5.78. The smallest absolute Gasteiger partial charge is 0.0963 e. The molecule has 0 radical (unpaired) electrons. The average Bonchev–Trinajstić information content (AvgIpc) is 2.76. The summed E-state index contributed by atoms with van der Waals surface area (Å²) in [4.78, 5) is 0.291. The summed E-state index contributed by atoms with van der Waals surface area (Å²) < 4.78 is 2.95. The van der Waals surface area contributed by atoms with Crippen LogP contribution in [0.3, 0.4) is 0 Å². The van der Waals surface area contributed by atoms with Crippen LogP contribution in [0.25, 0.3) is 0 Å². The number of aromatic nitrogens is 3. The molecule has 1 atom stereocenters. The molecule has 0 aliphatic rings. The second-order valence-electron chi connectivity index (χ2n) is 3.85. The zero-order valence-electron chi connectivity index (χ0n) is 9.48.